The van der Waals surface area contributed by atoms with Crippen LogP contribution in [-0.2, 0) is 9.59 Å². The molecule has 0 aromatic carbocycles. The molecule has 0 aliphatic carbocycles. The van der Waals surface area contributed by atoms with Crippen LogP contribution in [0.25, 0.3) is 6.08 Å². The van der Waals surface area contributed by atoms with Gasteiger partial charge in [-0.15, -0.1) is 0 Å². The van der Waals surface area contributed by atoms with Crippen LogP contribution in [0.5, 0.6) is 0 Å². The number of rotatable bonds is 4. The number of allylic oxidation sites excluding steroid dienone is 1. The normalized spacial score (nSPS) is 10.5. The molecule has 0 saturated carbocycles. The molecule has 1 rings (SSSR count). The quantitative estimate of drug-likeness (QED) is 0.583. The van der Waals surface area contributed by atoms with Gasteiger partial charge in [-0.1, -0.05) is 12.6 Å². The molecule has 4 heteroatoms. The Morgan fingerprint density at radius 1 is 1.47 bits per heavy atom. The second-order valence-corrected chi connectivity index (χ2v) is 2.67. The molecule has 4 nitrogen and oxygen atoms in total. The minimum Gasteiger partial charge on any atom is -0.320 e. The van der Waals surface area contributed by atoms with Crippen LogP contribution in [0.15, 0.2) is 42.7 Å². The molecule has 1 heterocycles. The van der Waals surface area contributed by atoms with Gasteiger partial charge in [-0.2, -0.15) is 0 Å². The Morgan fingerprint density at radius 2 is 2.27 bits per heavy atom. The Balaban J connectivity index is 2.83. The summed E-state index contributed by atoms with van der Waals surface area (Å²) in [6, 6.07) is 5.28. The minimum atomic E-state index is -0.427. The molecule has 1 amide bonds. The van der Waals surface area contributed by atoms with E-state index in [1.165, 1.54) is 6.08 Å². The standard InChI is InChI=1S/C11H10N2O2/c1-2-11(15)13-10(8-14)7-9-5-3-4-6-12-9/h2-8H,1H2,(H,13,15). The monoisotopic (exact) mass is 202 g/mol. The lowest BCUT2D eigenvalue weighted by Crippen LogP contribution is -2.20. The van der Waals surface area contributed by atoms with Crippen molar-refractivity contribution in [2.75, 3.05) is 0 Å². The van der Waals surface area contributed by atoms with Crippen LogP contribution in [0.2, 0.25) is 0 Å². The average Bonchev–Trinajstić information content (AvgIpc) is 2.29. The zero-order chi connectivity index (χ0) is 11.1. The Labute approximate surface area is 87.3 Å². The fourth-order valence-electron chi connectivity index (χ4n) is 0.914. The first-order valence-corrected chi connectivity index (χ1v) is 4.27. The van der Waals surface area contributed by atoms with E-state index in [0.717, 1.165) is 6.08 Å². The second-order valence-electron chi connectivity index (χ2n) is 2.67. The van der Waals surface area contributed by atoms with E-state index in [1.807, 2.05) is 0 Å². The van der Waals surface area contributed by atoms with Gasteiger partial charge < -0.3 is 5.32 Å². The fourth-order valence-corrected chi connectivity index (χ4v) is 0.914. The highest BCUT2D eigenvalue weighted by Crippen LogP contribution is 1.99. The molecule has 0 bridgehead atoms. The molecule has 0 fully saturated rings. The zero-order valence-corrected chi connectivity index (χ0v) is 8.01. The minimum absolute atomic E-state index is 0.151. The molecule has 0 aliphatic heterocycles. The summed E-state index contributed by atoms with van der Waals surface area (Å²) < 4.78 is 0. The number of carbonyl (C=O) groups is 2. The summed E-state index contributed by atoms with van der Waals surface area (Å²) in [4.78, 5) is 25.5. The molecule has 76 valence electrons. The average molecular weight is 202 g/mol. The maximum absolute atomic E-state index is 10.9. The highest BCUT2D eigenvalue weighted by atomic mass is 16.2. The van der Waals surface area contributed by atoms with E-state index in [0.29, 0.717) is 12.0 Å². The van der Waals surface area contributed by atoms with Crippen LogP contribution >= 0.6 is 0 Å². The highest BCUT2D eigenvalue weighted by molar-refractivity contribution is 5.94. The summed E-state index contributed by atoms with van der Waals surface area (Å²) in [5, 5.41) is 2.36. The molecule has 0 spiro atoms. The van der Waals surface area contributed by atoms with Crippen molar-refractivity contribution in [1.82, 2.24) is 10.3 Å². The number of amides is 1. The predicted molar refractivity (Wildman–Crippen MR) is 56.6 cm³/mol. The number of nitrogens with zero attached hydrogens (tertiary/aromatic N) is 1. The number of nitrogens with one attached hydrogen (secondary N) is 1. The van der Waals surface area contributed by atoms with Gasteiger partial charge in [0, 0.05) is 6.20 Å². The zero-order valence-electron chi connectivity index (χ0n) is 8.01. The Kier molecular flexibility index (Phi) is 3.97. The van der Waals surface area contributed by atoms with E-state index >= 15 is 0 Å². The van der Waals surface area contributed by atoms with Crippen LogP contribution < -0.4 is 5.32 Å². The van der Waals surface area contributed by atoms with Crippen molar-refractivity contribution < 1.29 is 9.59 Å². The van der Waals surface area contributed by atoms with Crippen molar-refractivity contribution in [2.24, 2.45) is 0 Å². The summed E-state index contributed by atoms with van der Waals surface area (Å²) in [6.45, 7) is 3.28. The number of aldehydes is 1. The molecular formula is C11H10N2O2. The molecule has 0 unspecified atom stereocenters. The lowest BCUT2D eigenvalue weighted by Gasteiger charge is -1.99. The maximum Gasteiger partial charge on any atom is 0.247 e. The maximum atomic E-state index is 10.9. The van der Waals surface area contributed by atoms with E-state index in [2.05, 4.69) is 16.9 Å². The fraction of sp³-hybridized carbons (Fsp3) is 0. The van der Waals surface area contributed by atoms with E-state index in [4.69, 9.17) is 0 Å². The molecule has 1 N–H and O–H groups in total. The summed E-state index contributed by atoms with van der Waals surface area (Å²) in [6.07, 6.45) is 4.73. The van der Waals surface area contributed by atoms with Crippen molar-refractivity contribution in [1.29, 1.82) is 0 Å². The summed E-state index contributed by atoms with van der Waals surface area (Å²) in [5.41, 5.74) is 0.752. The van der Waals surface area contributed by atoms with Gasteiger partial charge >= 0.3 is 0 Å². The first-order chi connectivity index (χ1) is 7.26. The van der Waals surface area contributed by atoms with E-state index in [-0.39, 0.29) is 5.70 Å². The smallest absolute Gasteiger partial charge is 0.247 e. The van der Waals surface area contributed by atoms with Crippen molar-refractivity contribution in [3.63, 3.8) is 0 Å². The number of hydrogen-bond donors (Lipinski definition) is 1. The van der Waals surface area contributed by atoms with Crippen LogP contribution in [-0.4, -0.2) is 17.2 Å². The van der Waals surface area contributed by atoms with E-state index < -0.39 is 5.91 Å². The summed E-state index contributed by atoms with van der Waals surface area (Å²) >= 11 is 0. The molecule has 0 radical (unpaired) electrons. The number of pyridine rings is 1. The third-order valence-electron chi connectivity index (χ3n) is 1.57. The van der Waals surface area contributed by atoms with Gasteiger partial charge in [-0.25, -0.2) is 0 Å². The largest absolute Gasteiger partial charge is 0.320 e. The van der Waals surface area contributed by atoms with E-state index in [1.54, 1.807) is 24.4 Å². The van der Waals surface area contributed by atoms with Crippen molar-refractivity contribution in [3.05, 3.63) is 48.4 Å². The Bertz CT molecular complexity index is 396. The van der Waals surface area contributed by atoms with Crippen LogP contribution in [0.1, 0.15) is 5.69 Å². The molecule has 0 saturated heterocycles. The Morgan fingerprint density at radius 3 is 2.80 bits per heavy atom. The molecule has 1 aromatic rings. The number of carbonyl (C=O) groups excluding carboxylic acids is 2. The van der Waals surface area contributed by atoms with Gasteiger partial charge in [0.2, 0.25) is 5.91 Å². The predicted octanol–water partition coefficient (Wildman–Crippen LogP) is 0.924. The van der Waals surface area contributed by atoms with Crippen molar-refractivity contribution in [2.45, 2.75) is 0 Å². The van der Waals surface area contributed by atoms with Gasteiger partial charge in [-0.05, 0) is 24.3 Å². The molecule has 15 heavy (non-hydrogen) atoms. The first-order valence-electron chi connectivity index (χ1n) is 4.27. The molecule has 1 aromatic heterocycles. The van der Waals surface area contributed by atoms with Gasteiger partial charge in [-0.3, -0.25) is 14.6 Å². The van der Waals surface area contributed by atoms with Gasteiger partial charge in [0.15, 0.2) is 6.29 Å². The Hall–Kier alpha value is -2.23. The van der Waals surface area contributed by atoms with Gasteiger partial charge in [0.1, 0.15) is 0 Å². The highest BCUT2D eigenvalue weighted by Gasteiger charge is 1.99. The third-order valence-corrected chi connectivity index (χ3v) is 1.57. The molecule has 0 aliphatic rings. The lowest BCUT2D eigenvalue weighted by molar-refractivity contribution is -0.117. The van der Waals surface area contributed by atoms with Crippen molar-refractivity contribution >= 4 is 18.3 Å². The van der Waals surface area contributed by atoms with Crippen molar-refractivity contribution in [3.8, 4) is 0 Å². The first kappa shape index (κ1) is 10.8. The van der Waals surface area contributed by atoms with Crippen LogP contribution in [0, 0.1) is 0 Å². The molecular weight excluding hydrogens is 192 g/mol. The van der Waals surface area contributed by atoms with Gasteiger partial charge in [0.05, 0.1) is 11.4 Å². The summed E-state index contributed by atoms with van der Waals surface area (Å²) in [5.74, 6) is -0.427. The van der Waals surface area contributed by atoms with Gasteiger partial charge in [0.25, 0.3) is 0 Å². The second kappa shape index (κ2) is 5.49. The lowest BCUT2D eigenvalue weighted by atomic mass is 10.3. The van der Waals surface area contributed by atoms with E-state index in [9.17, 15) is 9.59 Å². The SMILES string of the molecule is C=CC(=O)NC(C=O)=Cc1ccccn1. The summed E-state index contributed by atoms with van der Waals surface area (Å²) in [7, 11) is 0. The van der Waals surface area contributed by atoms with Crippen LogP contribution in [0.3, 0.4) is 0 Å². The topological polar surface area (TPSA) is 59.1 Å². The number of hydrogen-bond acceptors (Lipinski definition) is 3. The molecule has 0 atom stereocenters. The third kappa shape index (κ3) is 3.56. The van der Waals surface area contributed by atoms with Crippen LogP contribution in [0.4, 0.5) is 0 Å². The number of aromatic nitrogens is 1.